The number of esters is 1. The summed E-state index contributed by atoms with van der Waals surface area (Å²) in [6, 6.07) is 8.70. The predicted octanol–water partition coefficient (Wildman–Crippen LogP) is 3.15. The molecule has 0 bridgehead atoms. The molecule has 0 spiro atoms. The van der Waals surface area contributed by atoms with Crippen LogP contribution in [0.5, 0.6) is 0 Å². The van der Waals surface area contributed by atoms with E-state index in [0.717, 1.165) is 44.7 Å². The van der Waals surface area contributed by atoms with Gasteiger partial charge in [-0.3, -0.25) is 9.79 Å². The van der Waals surface area contributed by atoms with Gasteiger partial charge in [-0.25, -0.2) is 0 Å². The molecule has 1 aliphatic heterocycles. The highest BCUT2D eigenvalue weighted by atomic mass is 127. The molecule has 1 atom stereocenters. The van der Waals surface area contributed by atoms with E-state index in [1.807, 2.05) is 6.92 Å². The van der Waals surface area contributed by atoms with E-state index in [-0.39, 0.29) is 35.9 Å². The predicted molar refractivity (Wildman–Crippen MR) is 127 cm³/mol. The number of nitrogens with one attached hydrogen (secondary N) is 1. The standard InChI is InChI=1S/C21H34N4O2.HI/c1-5-27-20(26)18-9-7-15-25(16-18)21(22-2)23-14-6-8-17-10-12-19(13-11-17)24(3)4;/h10-13,18H,5-9,14-16H2,1-4H3,(H,22,23);1H. The molecule has 0 radical (unpaired) electrons. The molecule has 2 rings (SSSR count). The summed E-state index contributed by atoms with van der Waals surface area (Å²) < 4.78 is 5.18. The van der Waals surface area contributed by atoms with E-state index in [0.29, 0.717) is 13.2 Å². The lowest BCUT2D eigenvalue weighted by molar-refractivity contribution is -0.149. The van der Waals surface area contributed by atoms with Crippen molar-refractivity contribution in [1.82, 2.24) is 10.2 Å². The van der Waals surface area contributed by atoms with Crippen molar-refractivity contribution >= 4 is 41.6 Å². The fourth-order valence-corrected chi connectivity index (χ4v) is 3.41. The molecule has 28 heavy (non-hydrogen) atoms. The second-order valence-electron chi connectivity index (χ2n) is 7.18. The van der Waals surface area contributed by atoms with Crippen molar-refractivity contribution in [3.05, 3.63) is 29.8 Å². The number of anilines is 1. The van der Waals surface area contributed by atoms with Crippen LogP contribution >= 0.6 is 24.0 Å². The van der Waals surface area contributed by atoms with E-state index in [1.165, 1.54) is 11.3 Å². The molecule has 158 valence electrons. The molecule has 1 N–H and O–H groups in total. The summed E-state index contributed by atoms with van der Waals surface area (Å²) in [5.41, 5.74) is 2.57. The van der Waals surface area contributed by atoms with Gasteiger partial charge in [0.05, 0.1) is 12.5 Å². The van der Waals surface area contributed by atoms with Crippen molar-refractivity contribution in [1.29, 1.82) is 0 Å². The van der Waals surface area contributed by atoms with Gasteiger partial charge >= 0.3 is 5.97 Å². The van der Waals surface area contributed by atoms with Gasteiger partial charge in [0.15, 0.2) is 5.96 Å². The Morgan fingerprint density at radius 1 is 1.32 bits per heavy atom. The maximum absolute atomic E-state index is 12.0. The number of rotatable bonds is 7. The van der Waals surface area contributed by atoms with Crippen molar-refractivity contribution in [2.75, 3.05) is 52.3 Å². The third kappa shape index (κ3) is 7.48. The zero-order chi connectivity index (χ0) is 19.6. The number of carbonyl (C=O) groups is 1. The summed E-state index contributed by atoms with van der Waals surface area (Å²) in [5, 5.41) is 3.45. The number of guanidine groups is 1. The highest BCUT2D eigenvalue weighted by molar-refractivity contribution is 14.0. The number of benzene rings is 1. The van der Waals surface area contributed by atoms with Crippen molar-refractivity contribution in [2.24, 2.45) is 10.9 Å². The topological polar surface area (TPSA) is 57.2 Å². The highest BCUT2D eigenvalue weighted by Crippen LogP contribution is 2.18. The average Bonchev–Trinajstić information content (AvgIpc) is 2.68. The largest absolute Gasteiger partial charge is 0.466 e. The van der Waals surface area contributed by atoms with Crippen LogP contribution in [0.25, 0.3) is 0 Å². The monoisotopic (exact) mass is 502 g/mol. The Morgan fingerprint density at radius 2 is 2.04 bits per heavy atom. The SMILES string of the molecule is CCOC(=O)C1CCCN(C(=NC)NCCCc2ccc(N(C)C)cc2)C1.I. The molecule has 1 saturated heterocycles. The molecule has 1 unspecified atom stereocenters. The quantitative estimate of drug-likeness (QED) is 0.204. The van der Waals surface area contributed by atoms with Crippen LogP contribution in [0.3, 0.4) is 0 Å². The lowest BCUT2D eigenvalue weighted by Crippen LogP contribution is -2.48. The fraction of sp³-hybridized carbons (Fsp3) is 0.619. The number of hydrogen-bond donors (Lipinski definition) is 1. The summed E-state index contributed by atoms with van der Waals surface area (Å²) in [7, 11) is 5.91. The Balaban J connectivity index is 0.00000392. The molecule has 0 saturated carbocycles. The van der Waals surface area contributed by atoms with Crippen LogP contribution in [-0.2, 0) is 16.0 Å². The molecule has 6 nitrogen and oxygen atoms in total. The Morgan fingerprint density at radius 3 is 2.64 bits per heavy atom. The zero-order valence-electron chi connectivity index (χ0n) is 17.6. The van der Waals surface area contributed by atoms with E-state index in [4.69, 9.17) is 4.74 Å². The number of ether oxygens (including phenoxy) is 1. The molecule has 0 amide bonds. The van der Waals surface area contributed by atoms with Gasteiger partial charge in [-0.15, -0.1) is 24.0 Å². The second-order valence-corrected chi connectivity index (χ2v) is 7.18. The average molecular weight is 502 g/mol. The number of aliphatic imine (C=N–C) groups is 1. The van der Waals surface area contributed by atoms with E-state index in [2.05, 4.69) is 58.5 Å². The number of carbonyl (C=O) groups excluding carboxylic acids is 1. The first-order chi connectivity index (χ1) is 13.0. The summed E-state index contributed by atoms with van der Waals surface area (Å²) in [6.07, 6.45) is 3.95. The molecule has 0 aromatic heterocycles. The van der Waals surface area contributed by atoms with Crippen molar-refractivity contribution in [3.8, 4) is 0 Å². The van der Waals surface area contributed by atoms with Gasteiger partial charge in [0.2, 0.25) is 0 Å². The summed E-state index contributed by atoms with van der Waals surface area (Å²) in [6.45, 7) is 4.78. The third-order valence-electron chi connectivity index (χ3n) is 4.93. The molecule has 1 fully saturated rings. The smallest absolute Gasteiger partial charge is 0.310 e. The van der Waals surface area contributed by atoms with Crippen molar-refractivity contribution < 1.29 is 9.53 Å². The lowest BCUT2D eigenvalue weighted by Gasteiger charge is -2.34. The molecule has 0 aliphatic carbocycles. The molecule has 7 heteroatoms. The van der Waals surface area contributed by atoms with Gasteiger partial charge in [0, 0.05) is 46.5 Å². The Labute approximate surface area is 186 Å². The molecular weight excluding hydrogens is 467 g/mol. The number of hydrogen-bond acceptors (Lipinski definition) is 4. The van der Waals surface area contributed by atoms with Crippen LogP contribution in [-0.4, -0.2) is 64.2 Å². The maximum atomic E-state index is 12.0. The van der Waals surface area contributed by atoms with Crippen LogP contribution in [0, 0.1) is 5.92 Å². The minimum Gasteiger partial charge on any atom is -0.466 e. The molecule has 1 heterocycles. The molecule has 1 aromatic carbocycles. The fourth-order valence-electron chi connectivity index (χ4n) is 3.41. The van der Waals surface area contributed by atoms with Crippen LogP contribution in [0.2, 0.25) is 0 Å². The number of likely N-dealkylation sites (tertiary alicyclic amines) is 1. The van der Waals surface area contributed by atoms with Gasteiger partial charge in [0.25, 0.3) is 0 Å². The normalized spacial score (nSPS) is 16.9. The Kier molecular flexibility index (Phi) is 11.3. The lowest BCUT2D eigenvalue weighted by atomic mass is 9.98. The van der Waals surface area contributed by atoms with Crippen LogP contribution in [0.4, 0.5) is 5.69 Å². The number of nitrogens with zero attached hydrogens (tertiary/aromatic N) is 3. The van der Waals surface area contributed by atoms with Gasteiger partial charge in [0.1, 0.15) is 0 Å². The van der Waals surface area contributed by atoms with E-state index < -0.39 is 0 Å². The summed E-state index contributed by atoms with van der Waals surface area (Å²) in [5.74, 6) is 0.748. The van der Waals surface area contributed by atoms with E-state index >= 15 is 0 Å². The van der Waals surface area contributed by atoms with Crippen molar-refractivity contribution in [3.63, 3.8) is 0 Å². The Hall–Kier alpha value is -1.51. The Bertz CT molecular complexity index is 619. The maximum Gasteiger partial charge on any atom is 0.310 e. The van der Waals surface area contributed by atoms with E-state index in [9.17, 15) is 4.79 Å². The van der Waals surface area contributed by atoms with E-state index in [1.54, 1.807) is 7.05 Å². The highest BCUT2D eigenvalue weighted by Gasteiger charge is 2.28. The number of halogens is 1. The zero-order valence-corrected chi connectivity index (χ0v) is 19.9. The van der Waals surface area contributed by atoms with Crippen molar-refractivity contribution in [2.45, 2.75) is 32.6 Å². The van der Waals surface area contributed by atoms with Gasteiger partial charge in [-0.2, -0.15) is 0 Å². The first-order valence-electron chi connectivity index (χ1n) is 9.93. The molecule has 1 aromatic rings. The first-order valence-corrected chi connectivity index (χ1v) is 9.93. The summed E-state index contributed by atoms with van der Waals surface area (Å²) >= 11 is 0. The van der Waals surface area contributed by atoms with Gasteiger partial charge in [-0.05, 0) is 50.3 Å². The molecular formula is C21H35IN4O2. The first kappa shape index (κ1) is 24.5. The number of aryl methyl sites for hydroxylation is 1. The third-order valence-corrected chi connectivity index (χ3v) is 4.93. The minimum atomic E-state index is -0.0844. The van der Waals surface area contributed by atoms with Crippen LogP contribution < -0.4 is 10.2 Å². The van der Waals surface area contributed by atoms with Crippen LogP contribution in [0.1, 0.15) is 31.7 Å². The van der Waals surface area contributed by atoms with Gasteiger partial charge < -0.3 is 19.9 Å². The van der Waals surface area contributed by atoms with Crippen LogP contribution in [0.15, 0.2) is 29.3 Å². The van der Waals surface area contributed by atoms with Gasteiger partial charge in [-0.1, -0.05) is 12.1 Å². The second kappa shape index (κ2) is 12.9. The molecule has 1 aliphatic rings. The number of piperidine rings is 1. The summed E-state index contributed by atoms with van der Waals surface area (Å²) in [4.78, 5) is 20.7. The minimum absolute atomic E-state index is 0.